The average Bonchev–Trinajstić information content (AvgIpc) is 3.59. The van der Waals surface area contributed by atoms with E-state index in [0.29, 0.717) is 0 Å². The van der Waals surface area contributed by atoms with Crippen molar-refractivity contribution in [3.63, 3.8) is 0 Å². The van der Waals surface area contributed by atoms with Crippen LogP contribution in [0.4, 0.5) is 0 Å². The lowest BCUT2D eigenvalue weighted by molar-refractivity contribution is 0.489. The van der Waals surface area contributed by atoms with Crippen LogP contribution in [0.3, 0.4) is 0 Å². The molecule has 0 bridgehead atoms. The molecule has 212 valence electrons. The van der Waals surface area contributed by atoms with E-state index in [2.05, 4.69) is 158 Å². The molecule has 0 saturated heterocycles. The first-order valence-corrected chi connectivity index (χ1v) is 16.0. The molecule has 0 aromatic heterocycles. The number of ether oxygens (including phenoxy) is 1. The second-order valence-corrected chi connectivity index (χ2v) is 12.8. The summed E-state index contributed by atoms with van der Waals surface area (Å²) in [7, 11) is 0. The van der Waals surface area contributed by atoms with Gasteiger partial charge in [0.15, 0.2) is 0 Å². The summed E-state index contributed by atoms with van der Waals surface area (Å²) in [5, 5.41) is 4.96. The second kappa shape index (κ2) is 8.62. The van der Waals surface area contributed by atoms with E-state index in [-0.39, 0.29) is 0 Å². The predicted octanol–water partition coefficient (Wildman–Crippen LogP) is 11.8. The molecule has 8 aromatic carbocycles. The largest absolute Gasteiger partial charge is 0.455 e. The summed E-state index contributed by atoms with van der Waals surface area (Å²) in [5.74, 6) is 1.85. The van der Waals surface area contributed by atoms with Crippen LogP contribution in [0.5, 0.6) is 11.5 Å². The van der Waals surface area contributed by atoms with Gasteiger partial charge in [-0.05, 0) is 90.0 Å². The van der Waals surface area contributed by atoms with Crippen LogP contribution in [0.25, 0.3) is 66.1 Å². The number of hydrogen-bond donors (Lipinski definition) is 0. The van der Waals surface area contributed by atoms with Gasteiger partial charge in [-0.1, -0.05) is 140 Å². The van der Waals surface area contributed by atoms with Crippen molar-refractivity contribution >= 4 is 21.5 Å². The Kier molecular flexibility index (Phi) is 4.57. The van der Waals surface area contributed by atoms with Gasteiger partial charge in [0.2, 0.25) is 0 Å². The molecule has 1 unspecified atom stereocenters. The molecule has 0 saturated carbocycles. The first kappa shape index (κ1) is 24.4. The van der Waals surface area contributed by atoms with Crippen molar-refractivity contribution in [3.05, 3.63) is 180 Å². The van der Waals surface area contributed by atoms with Crippen LogP contribution >= 0.6 is 0 Å². The zero-order chi connectivity index (χ0) is 30.0. The maximum absolute atomic E-state index is 6.79. The number of para-hydroxylation sites is 1. The number of rotatable bonds is 1. The first-order valence-electron chi connectivity index (χ1n) is 16.0. The van der Waals surface area contributed by atoms with Crippen molar-refractivity contribution < 1.29 is 4.74 Å². The Bertz CT molecular complexity index is 2630. The molecule has 2 aliphatic carbocycles. The van der Waals surface area contributed by atoms with Crippen LogP contribution in [-0.2, 0) is 5.41 Å². The van der Waals surface area contributed by atoms with E-state index in [1.165, 1.54) is 77.2 Å². The van der Waals surface area contributed by atoms with Crippen LogP contribution in [0, 0.1) is 0 Å². The summed E-state index contributed by atoms with van der Waals surface area (Å²) in [4.78, 5) is 0. The van der Waals surface area contributed by atoms with Gasteiger partial charge in [-0.2, -0.15) is 0 Å². The minimum atomic E-state index is -0.412. The molecule has 0 fully saturated rings. The van der Waals surface area contributed by atoms with Crippen LogP contribution in [-0.4, -0.2) is 0 Å². The Hall–Kier alpha value is -5.92. The zero-order valence-electron chi connectivity index (χ0n) is 24.9. The summed E-state index contributed by atoms with van der Waals surface area (Å²) in [6, 6.07) is 58.2. The van der Waals surface area contributed by atoms with Crippen LogP contribution in [0.1, 0.15) is 22.3 Å². The highest BCUT2D eigenvalue weighted by Crippen LogP contribution is 2.64. The number of benzene rings is 8. The van der Waals surface area contributed by atoms with Gasteiger partial charge in [0.25, 0.3) is 0 Å². The Morgan fingerprint density at radius 2 is 1.04 bits per heavy atom. The highest BCUT2D eigenvalue weighted by atomic mass is 16.5. The highest BCUT2D eigenvalue weighted by molar-refractivity contribution is 6.09. The second-order valence-electron chi connectivity index (χ2n) is 12.8. The quantitative estimate of drug-likeness (QED) is 0.187. The third-order valence-corrected chi connectivity index (χ3v) is 10.7. The van der Waals surface area contributed by atoms with E-state index in [1.807, 2.05) is 0 Å². The summed E-state index contributed by atoms with van der Waals surface area (Å²) in [6.45, 7) is 0. The van der Waals surface area contributed by atoms with Gasteiger partial charge in [0.1, 0.15) is 11.5 Å². The Morgan fingerprint density at radius 1 is 0.391 bits per heavy atom. The number of hydrogen-bond acceptors (Lipinski definition) is 1. The molecule has 0 radical (unpaired) electrons. The van der Waals surface area contributed by atoms with Crippen molar-refractivity contribution in [2.45, 2.75) is 5.41 Å². The standard InChI is InChI=1S/C45H26O/c1-2-12-30-27(10-1)22-25-39-43(30)36-15-4-7-18-38(36)45(39)37-17-6-3-13-32(37)33-24-21-29(26-40(33)45)31-23-20-28-11-9-16-35-34-14-5-8-19-41(34)46-44(31)42(28)35/h1-26H. The number of fused-ring (bicyclic) bond motifs is 14. The molecule has 0 N–H and O–H groups in total. The van der Waals surface area contributed by atoms with E-state index < -0.39 is 5.41 Å². The lowest BCUT2D eigenvalue weighted by atomic mass is 9.70. The smallest absolute Gasteiger partial charge is 0.143 e. The molecular weight excluding hydrogens is 556 g/mol. The van der Waals surface area contributed by atoms with Gasteiger partial charge >= 0.3 is 0 Å². The summed E-state index contributed by atoms with van der Waals surface area (Å²) >= 11 is 0. The van der Waals surface area contributed by atoms with E-state index >= 15 is 0 Å². The lowest BCUT2D eigenvalue weighted by Gasteiger charge is -2.31. The molecule has 8 aromatic rings. The monoisotopic (exact) mass is 582 g/mol. The minimum Gasteiger partial charge on any atom is -0.455 e. The van der Waals surface area contributed by atoms with E-state index in [1.54, 1.807) is 0 Å². The summed E-state index contributed by atoms with van der Waals surface area (Å²) < 4.78 is 6.79. The van der Waals surface area contributed by atoms with Crippen LogP contribution in [0.15, 0.2) is 158 Å². The SMILES string of the molecule is c1ccc2c(c1)Oc1c(-c3ccc4c(c3)C3(c5ccccc5-4)c4ccccc4-c4c3ccc3ccccc43)ccc3cccc-2c13. The fraction of sp³-hybridized carbons (Fsp3) is 0.0222. The summed E-state index contributed by atoms with van der Waals surface area (Å²) in [6.07, 6.45) is 0. The maximum atomic E-state index is 6.79. The van der Waals surface area contributed by atoms with Crippen molar-refractivity contribution in [2.75, 3.05) is 0 Å². The fourth-order valence-corrected chi connectivity index (χ4v) is 8.87. The molecule has 3 aliphatic rings. The molecule has 1 spiro atoms. The highest BCUT2D eigenvalue weighted by Gasteiger charge is 2.52. The first-order chi connectivity index (χ1) is 22.8. The lowest BCUT2D eigenvalue weighted by Crippen LogP contribution is -2.25. The molecule has 1 atom stereocenters. The predicted molar refractivity (Wildman–Crippen MR) is 189 cm³/mol. The Morgan fingerprint density at radius 3 is 1.96 bits per heavy atom. The van der Waals surface area contributed by atoms with Gasteiger partial charge in [0, 0.05) is 16.5 Å². The Balaban J connectivity index is 1.24. The van der Waals surface area contributed by atoms with E-state index in [9.17, 15) is 0 Å². The molecule has 46 heavy (non-hydrogen) atoms. The van der Waals surface area contributed by atoms with Crippen molar-refractivity contribution in [3.8, 4) is 56.0 Å². The van der Waals surface area contributed by atoms with E-state index in [4.69, 9.17) is 4.74 Å². The van der Waals surface area contributed by atoms with Gasteiger partial charge < -0.3 is 4.74 Å². The molecule has 1 nitrogen and oxygen atoms in total. The van der Waals surface area contributed by atoms with Gasteiger partial charge in [0.05, 0.1) is 5.41 Å². The summed E-state index contributed by atoms with van der Waals surface area (Å²) in [5.41, 5.74) is 15.0. The van der Waals surface area contributed by atoms with Gasteiger partial charge in [-0.25, -0.2) is 0 Å². The van der Waals surface area contributed by atoms with Crippen molar-refractivity contribution in [1.29, 1.82) is 0 Å². The molecule has 1 heteroatoms. The zero-order valence-corrected chi connectivity index (χ0v) is 24.9. The van der Waals surface area contributed by atoms with Gasteiger partial charge in [-0.3, -0.25) is 0 Å². The van der Waals surface area contributed by atoms with Gasteiger partial charge in [-0.15, -0.1) is 0 Å². The average molecular weight is 583 g/mol. The third kappa shape index (κ3) is 2.87. The molecule has 11 rings (SSSR count). The molecular formula is C45H26O. The fourth-order valence-electron chi connectivity index (χ4n) is 8.87. The van der Waals surface area contributed by atoms with Crippen molar-refractivity contribution in [2.24, 2.45) is 0 Å². The van der Waals surface area contributed by atoms with Crippen LogP contribution in [0.2, 0.25) is 0 Å². The van der Waals surface area contributed by atoms with Crippen LogP contribution < -0.4 is 4.74 Å². The molecule has 1 aliphatic heterocycles. The topological polar surface area (TPSA) is 9.23 Å². The normalized spacial score (nSPS) is 16.1. The van der Waals surface area contributed by atoms with Crippen molar-refractivity contribution in [1.82, 2.24) is 0 Å². The Labute approximate surface area is 267 Å². The minimum absolute atomic E-state index is 0.412. The molecule has 0 amide bonds. The third-order valence-electron chi connectivity index (χ3n) is 10.7. The maximum Gasteiger partial charge on any atom is 0.143 e. The molecule has 1 heterocycles. The van der Waals surface area contributed by atoms with E-state index in [0.717, 1.165) is 22.6 Å².